The Morgan fingerprint density at radius 3 is 3.06 bits per heavy atom. The molecule has 0 N–H and O–H groups in total. The van der Waals surface area contributed by atoms with Crippen LogP contribution in [0.3, 0.4) is 0 Å². The van der Waals surface area contributed by atoms with Crippen LogP contribution in [0.25, 0.3) is 11.3 Å². The Morgan fingerprint density at radius 1 is 1.38 bits per heavy atom. The molecule has 4 nitrogen and oxygen atoms in total. The Kier molecular flexibility index (Phi) is 2.34. The van der Waals surface area contributed by atoms with E-state index in [2.05, 4.69) is 5.16 Å². The molecule has 82 valence electrons. The van der Waals surface area contributed by atoms with Crippen molar-refractivity contribution in [3.63, 3.8) is 0 Å². The molecule has 1 aromatic heterocycles. The maximum Gasteiger partial charge on any atom is 0.166 e. The summed E-state index contributed by atoms with van der Waals surface area (Å²) in [5, 5.41) is 3.68. The van der Waals surface area contributed by atoms with Crippen molar-refractivity contribution in [1.29, 1.82) is 0 Å². The summed E-state index contributed by atoms with van der Waals surface area (Å²) in [5.41, 5.74) is 0.965. The molecule has 0 bridgehead atoms. The van der Waals surface area contributed by atoms with Crippen LogP contribution in [0.1, 0.15) is 0 Å². The largest absolute Gasteiger partial charge is 0.491 e. The van der Waals surface area contributed by atoms with Crippen molar-refractivity contribution in [2.75, 3.05) is 13.2 Å². The van der Waals surface area contributed by atoms with Crippen LogP contribution in [0.4, 0.5) is 0 Å². The standard InChI is InChI=1S/C12H11NO3/c1-2-9(12-4-5-13-16-12)6-10(3-1)14-7-11-8-15-11/h1-6,11H,7-8H2. The van der Waals surface area contributed by atoms with E-state index in [9.17, 15) is 0 Å². The van der Waals surface area contributed by atoms with E-state index in [1.807, 2.05) is 30.3 Å². The second-order valence-corrected chi connectivity index (χ2v) is 3.67. The minimum atomic E-state index is 0.272. The van der Waals surface area contributed by atoms with Gasteiger partial charge in [0.25, 0.3) is 0 Å². The van der Waals surface area contributed by atoms with Crippen LogP contribution >= 0.6 is 0 Å². The highest BCUT2D eigenvalue weighted by molar-refractivity contribution is 5.58. The van der Waals surface area contributed by atoms with Gasteiger partial charge in [0.2, 0.25) is 0 Å². The molecule has 4 heteroatoms. The zero-order valence-corrected chi connectivity index (χ0v) is 8.63. The Balaban J connectivity index is 1.76. The second-order valence-electron chi connectivity index (χ2n) is 3.67. The van der Waals surface area contributed by atoms with E-state index in [1.165, 1.54) is 0 Å². The molecule has 3 rings (SSSR count). The molecule has 1 atom stereocenters. The lowest BCUT2D eigenvalue weighted by Crippen LogP contribution is -2.03. The highest BCUT2D eigenvalue weighted by Crippen LogP contribution is 2.24. The Morgan fingerprint density at radius 2 is 2.31 bits per heavy atom. The van der Waals surface area contributed by atoms with E-state index in [4.69, 9.17) is 14.0 Å². The minimum Gasteiger partial charge on any atom is -0.491 e. The SMILES string of the molecule is c1cc(OCC2CO2)cc(-c2ccno2)c1. The van der Waals surface area contributed by atoms with Crippen LogP contribution in [-0.2, 0) is 4.74 Å². The van der Waals surface area contributed by atoms with E-state index in [0.29, 0.717) is 6.61 Å². The van der Waals surface area contributed by atoms with E-state index in [0.717, 1.165) is 23.7 Å². The molecule has 0 aliphatic carbocycles. The summed E-state index contributed by atoms with van der Waals surface area (Å²) in [6.45, 7) is 1.42. The fraction of sp³-hybridized carbons (Fsp3) is 0.250. The number of benzene rings is 1. The lowest BCUT2D eigenvalue weighted by atomic mass is 10.2. The maximum atomic E-state index is 5.58. The van der Waals surface area contributed by atoms with Gasteiger partial charge in [-0.1, -0.05) is 17.3 Å². The average molecular weight is 217 g/mol. The molecule has 0 spiro atoms. The lowest BCUT2D eigenvalue weighted by molar-refractivity contribution is 0.263. The van der Waals surface area contributed by atoms with Gasteiger partial charge in [0.1, 0.15) is 18.5 Å². The first-order valence-corrected chi connectivity index (χ1v) is 5.17. The number of nitrogens with zero attached hydrogens (tertiary/aromatic N) is 1. The Hall–Kier alpha value is -1.81. The van der Waals surface area contributed by atoms with Gasteiger partial charge in [-0.05, 0) is 12.1 Å². The first-order chi connectivity index (χ1) is 7.92. The van der Waals surface area contributed by atoms with Gasteiger partial charge in [0, 0.05) is 11.6 Å². The topological polar surface area (TPSA) is 47.8 Å². The zero-order chi connectivity index (χ0) is 10.8. The molecule has 2 heterocycles. The minimum absolute atomic E-state index is 0.272. The third-order valence-corrected chi connectivity index (χ3v) is 2.39. The number of aromatic nitrogens is 1. The van der Waals surface area contributed by atoms with Crippen molar-refractivity contribution >= 4 is 0 Å². The zero-order valence-electron chi connectivity index (χ0n) is 8.63. The van der Waals surface area contributed by atoms with Crippen LogP contribution in [0.15, 0.2) is 41.1 Å². The number of rotatable bonds is 4. The molecule has 1 aromatic carbocycles. The smallest absolute Gasteiger partial charge is 0.166 e. The summed E-state index contributed by atoms with van der Waals surface area (Å²) in [4.78, 5) is 0. The van der Waals surface area contributed by atoms with Gasteiger partial charge in [-0.15, -0.1) is 0 Å². The summed E-state index contributed by atoms with van der Waals surface area (Å²) in [7, 11) is 0. The lowest BCUT2D eigenvalue weighted by Gasteiger charge is -2.04. The van der Waals surface area contributed by atoms with Gasteiger partial charge in [0.15, 0.2) is 5.76 Å². The molecule has 1 fully saturated rings. The molecule has 1 saturated heterocycles. The second kappa shape index (κ2) is 3.98. The van der Waals surface area contributed by atoms with Crippen molar-refractivity contribution in [1.82, 2.24) is 5.16 Å². The molecule has 16 heavy (non-hydrogen) atoms. The van der Waals surface area contributed by atoms with Gasteiger partial charge in [-0.25, -0.2) is 0 Å². The summed E-state index contributed by atoms with van der Waals surface area (Å²) in [6, 6.07) is 9.57. The third-order valence-electron chi connectivity index (χ3n) is 2.39. The molecular formula is C12H11NO3. The van der Waals surface area contributed by atoms with Gasteiger partial charge < -0.3 is 14.0 Å². The predicted molar refractivity (Wildman–Crippen MR) is 57.2 cm³/mol. The summed E-state index contributed by atoms with van der Waals surface area (Å²) in [6.07, 6.45) is 1.90. The number of hydrogen-bond donors (Lipinski definition) is 0. The third kappa shape index (κ3) is 2.06. The van der Waals surface area contributed by atoms with Crippen LogP contribution < -0.4 is 4.74 Å². The maximum absolute atomic E-state index is 5.58. The first kappa shape index (κ1) is 9.42. The highest BCUT2D eigenvalue weighted by atomic mass is 16.6. The quantitative estimate of drug-likeness (QED) is 0.736. The fourth-order valence-electron chi connectivity index (χ4n) is 1.46. The summed E-state index contributed by atoms with van der Waals surface area (Å²) >= 11 is 0. The highest BCUT2D eigenvalue weighted by Gasteiger charge is 2.23. The van der Waals surface area contributed by atoms with Crippen molar-refractivity contribution in [2.24, 2.45) is 0 Å². The van der Waals surface area contributed by atoms with E-state index < -0.39 is 0 Å². The first-order valence-electron chi connectivity index (χ1n) is 5.17. The normalized spacial score (nSPS) is 18.4. The Bertz CT molecular complexity index is 463. The molecule has 1 unspecified atom stereocenters. The van der Waals surface area contributed by atoms with E-state index >= 15 is 0 Å². The average Bonchev–Trinajstić information content (AvgIpc) is 2.99. The predicted octanol–water partition coefficient (Wildman–Crippen LogP) is 2.12. The molecule has 2 aromatic rings. The molecule has 0 radical (unpaired) electrons. The van der Waals surface area contributed by atoms with Crippen molar-refractivity contribution in [3.05, 3.63) is 36.5 Å². The van der Waals surface area contributed by atoms with Crippen molar-refractivity contribution in [2.45, 2.75) is 6.10 Å². The Labute approximate surface area is 92.8 Å². The number of ether oxygens (including phenoxy) is 2. The van der Waals surface area contributed by atoms with Crippen LogP contribution in [-0.4, -0.2) is 24.5 Å². The van der Waals surface area contributed by atoms with Gasteiger partial charge in [-0.3, -0.25) is 0 Å². The van der Waals surface area contributed by atoms with Gasteiger partial charge in [0.05, 0.1) is 12.8 Å². The number of hydrogen-bond acceptors (Lipinski definition) is 4. The van der Waals surface area contributed by atoms with Gasteiger partial charge >= 0.3 is 0 Å². The molecular weight excluding hydrogens is 206 g/mol. The van der Waals surface area contributed by atoms with Crippen molar-refractivity contribution < 1.29 is 14.0 Å². The fourth-order valence-corrected chi connectivity index (χ4v) is 1.46. The van der Waals surface area contributed by atoms with Crippen LogP contribution in [0, 0.1) is 0 Å². The van der Waals surface area contributed by atoms with E-state index in [-0.39, 0.29) is 6.10 Å². The van der Waals surface area contributed by atoms with Crippen LogP contribution in [0.5, 0.6) is 5.75 Å². The summed E-state index contributed by atoms with van der Waals surface area (Å²) < 4.78 is 15.7. The van der Waals surface area contributed by atoms with E-state index in [1.54, 1.807) is 6.20 Å². The monoisotopic (exact) mass is 217 g/mol. The number of epoxide rings is 1. The molecule has 1 aliphatic rings. The molecule has 0 amide bonds. The molecule has 0 saturated carbocycles. The van der Waals surface area contributed by atoms with Crippen molar-refractivity contribution in [3.8, 4) is 17.1 Å². The summed E-state index contributed by atoms with van der Waals surface area (Å²) in [5.74, 6) is 1.57. The van der Waals surface area contributed by atoms with Crippen LogP contribution in [0.2, 0.25) is 0 Å². The molecule has 1 aliphatic heterocycles. The van der Waals surface area contributed by atoms with Gasteiger partial charge in [-0.2, -0.15) is 0 Å².